The second-order valence-corrected chi connectivity index (χ2v) is 7.97. The number of nitrogens with one attached hydrogen (secondary N) is 1. The van der Waals surface area contributed by atoms with Gasteiger partial charge in [0.1, 0.15) is 22.9 Å². The van der Waals surface area contributed by atoms with E-state index in [0.29, 0.717) is 0 Å². The van der Waals surface area contributed by atoms with Gasteiger partial charge in [-0.15, -0.1) is 0 Å². The van der Waals surface area contributed by atoms with Crippen LogP contribution >= 0.6 is 0 Å². The van der Waals surface area contributed by atoms with Crippen LogP contribution in [0.5, 0.6) is 0 Å². The first kappa shape index (κ1) is 24.6. The van der Waals surface area contributed by atoms with E-state index in [4.69, 9.17) is 15.4 Å². The highest BCUT2D eigenvalue weighted by molar-refractivity contribution is 6.00. The predicted molar refractivity (Wildman–Crippen MR) is 124 cm³/mol. The van der Waals surface area contributed by atoms with E-state index in [1.54, 1.807) is 13.0 Å². The van der Waals surface area contributed by atoms with Crippen LogP contribution < -0.4 is 16.5 Å². The van der Waals surface area contributed by atoms with Gasteiger partial charge in [-0.05, 0) is 44.2 Å². The van der Waals surface area contributed by atoms with Crippen LogP contribution in [-0.4, -0.2) is 21.0 Å². The van der Waals surface area contributed by atoms with Crippen molar-refractivity contribution in [3.8, 4) is 11.3 Å². The molecule has 1 aromatic carbocycles. The van der Waals surface area contributed by atoms with Gasteiger partial charge in [-0.25, -0.2) is 4.39 Å². The van der Waals surface area contributed by atoms with E-state index in [0.717, 1.165) is 24.4 Å². The van der Waals surface area contributed by atoms with Crippen LogP contribution in [0.25, 0.3) is 22.3 Å². The Balaban J connectivity index is 1.96. The number of nitrogens with two attached hydrogens (primary N) is 1. The predicted octanol–water partition coefficient (Wildman–Crippen LogP) is 4.98. The topological polar surface area (TPSA) is 127 Å². The summed E-state index contributed by atoms with van der Waals surface area (Å²) in [5, 5.41) is 14.6. The lowest BCUT2D eigenvalue weighted by Gasteiger charge is -2.21. The maximum absolute atomic E-state index is 13.8. The van der Waals surface area contributed by atoms with Gasteiger partial charge < -0.3 is 20.7 Å². The number of hydrogen-bond donors (Lipinski definition) is 3. The Bertz CT molecular complexity index is 1550. The molecule has 4 N–H and O–H groups in total. The Hall–Kier alpha value is -4.48. The van der Waals surface area contributed by atoms with Crippen molar-refractivity contribution in [3.05, 3.63) is 87.3 Å². The van der Waals surface area contributed by atoms with Gasteiger partial charge in [-0.2, -0.15) is 13.2 Å². The lowest BCUT2D eigenvalue weighted by molar-refractivity contribution is -0.137. The molecule has 0 radical (unpaired) electrons. The van der Waals surface area contributed by atoms with Crippen LogP contribution in [0.3, 0.4) is 0 Å². The molecule has 0 amide bonds. The van der Waals surface area contributed by atoms with Crippen molar-refractivity contribution < 1.29 is 27.2 Å². The smallest absolute Gasteiger partial charge is 0.416 e. The Morgan fingerprint density at radius 2 is 2.00 bits per heavy atom. The van der Waals surface area contributed by atoms with E-state index in [1.165, 1.54) is 25.4 Å². The van der Waals surface area contributed by atoms with Crippen molar-refractivity contribution in [2.75, 3.05) is 5.32 Å². The molecule has 0 aliphatic rings. The van der Waals surface area contributed by atoms with Crippen molar-refractivity contribution >= 4 is 22.5 Å². The number of aromatic nitrogens is 2. The quantitative estimate of drug-likeness (QED) is 0.116. The summed E-state index contributed by atoms with van der Waals surface area (Å²) in [5.74, 6) is -1.02. The summed E-state index contributed by atoms with van der Waals surface area (Å²) < 4.78 is 61.0. The summed E-state index contributed by atoms with van der Waals surface area (Å²) in [5.41, 5.74) is 4.27. The van der Waals surface area contributed by atoms with Crippen molar-refractivity contribution in [2.24, 2.45) is 10.9 Å². The monoisotopic (exact) mass is 501 g/mol. The normalized spacial score (nSPS) is 13.1. The zero-order valence-electron chi connectivity index (χ0n) is 18.9. The molecule has 0 bridgehead atoms. The standard InChI is InChI=1S/C24H19F4N5O3/c1-11-20(34)17-8-14(24(26,27)28)7-16(22(17)36-21(11)13-6-15(25)10-30-9-13)12(2)32-18-4-3-5-31-19(18)23(29)33-35/h3-10,12,32,35H,1-2H3,(H2,29,33)/t12-/m1/s1. The number of oxime groups is 1. The Morgan fingerprint density at radius 3 is 2.67 bits per heavy atom. The molecule has 1 atom stereocenters. The molecule has 0 aliphatic carbocycles. The summed E-state index contributed by atoms with van der Waals surface area (Å²) in [7, 11) is 0. The van der Waals surface area contributed by atoms with Gasteiger partial charge in [0, 0.05) is 29.1 Å². The number of anilines is 1. The molecule has 0 spiro atoms. The molecule has 0 fully saturated rings. The van der Waals surface area contributed by atoms with E-state index in [1.807, 2.05) is 0 Å². The number of amidine groups is 1. The van der Waals surface area contributed by atoms with E-state index in [9.17, 15) is 22.4 Å². The molecule has 3 heterocycles. The van der Waals surface area contributed by atoms with Crippen LogP contribution in [0, 0.1) is 12.7 Å². The number of nitrogens with zero attached hydrogens (tertiary/aromatic N) is 3. The van der Waals surface area contributed by atoms with Gasteiger partial charge in [0.2, 0.25) is 0 Å². The van der Waals surface area contributed by atoms with Crippen LogP contribution in [0.1, 0.15) is 35.3 Å². The summed E-state index contributed by atoms with van der Waals surface area (Å²) in [4.78, 5) is 21.0. The van der Waals surface area contributed by atoms with Gasteiger partial charge >= 0.3 is 6.18 Å². The second kappa shape index (κ2) is 9.29. The summed E-state index contributed by atoms with van der Waals surface area (Å²) in [6.45, 7) is 2.92. The highest BCUT2D eigenvalue weighted by atomic mass is 19.4. The minimum absolute atomic E-state index is 0.00210. The van der Waals surface area contributed by atoms with Crippen LogP contribution in [0.4, 0.5) is 23.2 Å². The Morgan fingerprint density at radius 1 is 1.25 bits per heavy atom. The van der Waals surface area contributed by atoms with Gasteiger partial charge in [0.25, 0.3) is 0 Å². The van der Waals surface area contributed by atoms with Gasteiger partial charge in [0.15, 0.2) is 11.3 Å². The van der Waals surface area contributed by atoms with Crippen molar-refractivity contribution in [1.29, 1.82) is 0 Å². The number of rotatable bonds is 5. The van der Waals surface area contributed by atoms with Crippen LogP contribution in [0.15, 0.2) is 63.3 Å². The molecule has 36 heavy (non-hydrogen) atoms. The number of hydrogen-bond acceptors (Lipinski definition) is 7. The van der Waals surface area contributed by atoms with Crippen molar-refractivity contribution in [1.82, 2.24) is 9.97 Å². The Kier molecular flexibility index (Phi) is 6.35. The maximum atomic E-state index is 13.8. The molecular formula is C24H19F4N5O3. The Labute approximate surface area is 201 Å². The van der Waals surface area contributed by atoms with Gasteiger partial charge in [-0.1, -0.05) is 5.16 Å². The van der Waals surface area contributed by atoms with Gasteiger partial charge in [0.05, 0.1) is 28.9 Å². The summed E-state index contributed by atoms with van der Waals surface area (Å²) in [6.07, 6.45) is -1.10. The van der Waals surface area contributed by atoms with Crippen LogP contribution in [0.2, 0.25) is 0 Å². The van der Waals surface area contributed by atoms with Crippen molar-refractivity contribution in [2.45, 2.75) is 26.1 Å². The third-order valence-corrected chi connectivity index (χ3v) is 5.54. The van der Waals surface area contributed by atoms with E-state index in [-0.39, 0.29) is 50.6 Å². The number of halogens is 4. The lowest BCUT2D eigenvalue weighted by atomic mass is 9.98. The third kappa shape index (κ3) is 4.57. The fourth-order valence-electron chi connectivity index (χ4n) is 3.80. The van der Waals surface area contributed by atoms with E-state index >= 15 is 0 Å². The average Bonchev–Trinajstić information content (AvgIpc) is 2.84. The molecular weight excluding hydrogens is 482 g/mol. The fraction of sp³-hybridized carbons (Fsp3) is 0.167. The zero-order chi connectivity index (χ0) is 26.2. The largest absolute Gasteiger partial charge is 0.455 e. The molecule has 0 saturated heterocycles. The SMILES string of the molecule is Cc1c(-c2cncc(F)c2)oc2c([C@@H](C)Nc3cccnc3/C(N)=N/O)cc(C(F)(F)F)cc2c1=O. The first-order valence-corrected chi connectivity index (χ1v) is 10.5. The molecule has 8 nitrogen and oxygen atoms in total. The molecule has 0 aliphatic heterocycles. The highest BCUT2D eigenvalue weighted by Crippen LogP contribution is 2.37. The number of benzene rings is 1. The molecule has 0 unspecified atom stereocenters. The first-order valence-electron chi connectivity index (χ1n) is 10.5. The summed E-state index contributed by atoms with van der Waals surface area (Å²) in [6, 6.07) is 4.90. The molecule has 4 rings (SSSR count). The molecule has 0 saturated carbocycles. The number of fused-ring (bicyclic) bond motifs is 1. The molecule has 4 aromatic rings. The minimum Gasteiger partial charge on any atom is -0.455 e. The van der Waals surface area contributed by atoms with E-state index < -0.39 is 29.0 Å². The minimum atomic E-state index is -4.75. The second-order valence-electron chi connectivity index (χ2n) is 7.97. The summed E-state index contributed by atoms with van der Waals surface area (Å²) >= 11 is 0. The average molecular weight is 501 g/mol. The zero-order valence-corrected chi connectivity index (χ0v) is 18.9. The fourth-order valence-corrected chi connectivity index (χ4v) is 3.80. The maximum Gasteiger partial charge on any atom is 0.416 e. The molecule has 186 valence electrons. The number of pyridine rings is 2. The van der Waals surface area contributed by atoms with Crippen LogP contribution in [-0.2, 0) is 6.18 Å². The molecule has 3 aromatic heterocycles. The first-order chi connectivity index (χ1) is 17.0. The molecule has 12 heteroatoms. The number of alkyl halides is 3. The third-order valence-electron chi connectivity index (χ3n) is 5.54. The van der Waals surface area contributed by atoms with Gasteiger partial charge in [-0.3, -0.25) is 14.8 Å². The lowest BCUT2D eigenvalue weighted by Crippen LogP contribution is -2.19. The van der Waals surface area contributed by atoms with Crippen molar-refractivity contribution in [3.63, 3.8) is 0 Å². The van der Waals surface area contributed by atoms with E-state index in [2.05, 4.69) is 20.4 Å². The highest BCUT2D eigenvalue weighted by Gasteiger charge is 2.33.